The molecule has 0 N–H and O–H groups in total. The van der Waals surface area contributed by atoms with Crippen LogP contribution in [0.3, 0.4) is 0 Å². The SMILES string of the molecule is CC(C)(C)N(Cc1ccccc1)C(=O)COC(=O)c1ccc([N+](=O)[O-])s1. The molecule has 2 rings (SSSR count). The van der Waals surface area contributed by atoms with Gasteiger partial charge in [-0.25, -0.2) is 4.79 Å². The maximum atomic E-state index is 12.6. The van der Waals surface area contributed by atoms with Crippen LogP contribution < -0.4 is 0 Å². The second kappa shape index (κ2) is 8.09. The summed E-state index contributed by atoms with van der Waals surface area (Å²) in [7, 11) is 0. The Hall–Kier alpha value is -2.74. The molecule has 0 bridgehead atoms. The normalized spacial score (nSPS) is 11.0. The lowest BCUT2D eigenvalue weighted by molar-refractivity contribution is -0.380. The number of hydrogen-bond acceptors (Lipinski definition) is 6. The van der Waals surface area contributed by atoms with Gasteiger partial charge in [-0.15, -0.1) is 0 Å². The smallest absolute Gasteiger partial charge is 0.349 e. The van der Waals surface area contributed by atoms with Gasteiger partial charge < -0.3 is 9.64 Å². The molecule has 1 aromatic heterocycles. The van der Waals surface area contributed by atoms with Gasteiger partial charge in [-0.3, -0.25) is 14.9 Å². The van der Waals surface area contributed by atoms with Crippen molar-refractivity contribution in [3.05, 3.63) is 63.0 Å². The van der Waals surface area contributed by atoms with E-state index in [-0.39, 0.29) is 15.8 Å². The largest absolute Gasteiger partial charge is 0.451 e. The van der Waals surface area contributed by atoms with Gasteiger partial charge in [-0.1, -0.05) is 41.7 Å². The average Bonchev–Trinajstić information content (AvgIpc) is 3.07. The minimum atomic E-state index is -0.745. The van der Waals surface area contributed by atoms with Crippen LogP contribution in [0, 0.1) is 10.1 Å². The van der Waals surface area contributed by atoms with Crippen LogP contribution >= 0.6 is 11.3 Å². The third kappa shape index (κ3) is 5.13. The van der Waals surface area contributed by atoms with Crippen molar-refractivity contribution in [1.29, 1.82) is 0 Å². The summed E-state index contributed by atoms with van der Waals surface area (Å²) >= 11 is 0.719. The van der Waals surface area contributed by atoms with Gasteiger partial charge in [0.25, 0.3) is 5.91 Å². The quantitative estimate of drug-likeness (QED) is 0.436. The summed E-state index contributed by atoms with van der Waals surface area (Å²) in [5.41, 5.74) is 0.511. The number of nitrogens with zero attached hydrogens (tertiary/aromatic N) is 2. The topological polar surface area (TPSA) is 89.8 Å². The zero-order chi connectivity index (χ0) is 19.3. The lowest BCUT2D eigenvalue weighted by atomic mass is 10.0. The molecule has 0 fully saturated rings. The molecule has 0 aliphatic carbocycles. The van der Waals surface area contributed by atoms with E-state index < -0.39 is 23.0 Å². The van der Waals surface area contributed by atoms with Gasteiger partial charge in [0.2, 0.25) is 0 Å². The number of nitro groups is 1. The Morgan fingerprint density at radius 3 is 2.35 bits per heavy atom. The van der Waals surface area contributed by atoms with Gasteiger partial charge in [0.1, 0.15) is 4.88 Å². The van der Waals surface area contributed by atoms with Crippen molar-refractivity contribution in [2.24, 2.45) is 0 Å². The maximum Gasteiger partial charge on any atom is 0.349 e. The zero-order valence-electron chi connectivity index (χ0n) is 14.8. The fraction of sp³-hybridized carbons (Fsp3) is 0.333. The summed E-state index contributed by atoms with van der Waals surface area (Å²) < 4.78 is 5.05. The molecule has 0 aliphatic rings. The minimum Gasteiger partial charge on any atom is -0.451 e. The van der Waals surface area contributed by atoms with Crippen molar-refractivity contribution >= 4 is 28.2 Å². The molecule has 0 radical (unpaired) electrons. The first kappa shape index (κ1) is 19.6. The van der Waals surface area contributed by atoms with E-state index in [1.54, 1.807) is 4.90 Å². The Morgan fingerprint density at radius 1 is 1.15 bits per heavy atom. The fourth-order valence-electron chi connectivity index (χ4n) is 2.28. The number of amides is 1. The summed E-state index contributed by atoms with van der Waals surface area (Å²) in [5, 5.41) is 10.5. The van der Waals surface area contributed by atoms with E-state index in [0.29, 0.717) is 6.54 Å². The molecular weight excluding hydrogens is 356 g/mol. The number of esters is 1. The lowest BCUT2D eigenvalue weighted by Crippen LogP contribution is -2.46. The molecule has 0 atom stereocenters. The summed E-state index contributed by atoms with van der Waals surface area (Å²) in [4.78, 5) is 36.4. The van der Waals surface area contributed by atoms with Crippen LogP contribution in [-0.2, 0) is 16.1 Å². The third-order valence-electron chi connectivity index (χ3n) is 3.59. The Balaban J connectivity index is 2.02. The van der Waals surface area contributed by atoms with Gasteiger partial charge in [0.05, 0.1) is 4.92 Å². The first-order valence-corrected chi connectivity index (χ1v) is 8.76. The summed E-state index contributed by atoms with van der Waals surface area (Å²) in [5.74, 6) is -1.08. The molecule has 0 saturated heterocycles. The van der Waals surface area contributed by atoms with Crippen LogP contribution in [-0.4, -0.2) is 33.8 Å². The highest BCUT2D eigenvalue weighted by molar-refractivity contribution is 7.17. The van der Waals surface area contributed by atoms with Gasteiger partial charge in [0.15, 0.2) is 6.61 Å². The molecular formula is C18H20N2O5S. The zero-order valence-corrected chi connectivity index (χ0v) is 15.6. The van der Waals surface area contributed by atoms with E-state index in [1.807, 2.05) is 51.1 Å². The van der Waals surface area contributed by atoms with E-state index >= 15 is 0 Å². The maximum absolute atomic E-state index is 12.6. The second-order valence-corrected chi connectivity index (χ2v) is 7.67. The van der Waals surface area contributed by atoms with Crippen LogP contribution in [0.15, 0.2) is 42.5 Å². The fourth-order valence-corrected chi connectivity index (χ4v) is 2.99. The average molecular weight is 376 g/mol. The highest BCUT2D eigenvalue weighted by Gasteiger charge is 2.27. The van der Waals surface area contributed by atoms with E-state index in [2.05, 4.69) is 0 Å². The first-order valence-electron chi connectivity index (χ1n) is 7.94. The van der Waals surface area contributed by atoms with Crippen molar-refractivity contribution < 1.29 is 19.2 Å². The van der Waals surface area contributed by atoms with Crippen LogP contribution in [0.5, 0.6) is 0 Å². The Labute approximate surface area is 155 Å². The molecule has 8 heteroatoms. The predicted octanol–water partition coefficient (Wildman–Crippen LogP) is 3.64. The van der Waals surface area contributed by atoms with E-state index in [9.17, 15) is 19.7 Å². The number of rotatable bonds is 6. The Morgan fingerprint density at radius 2 is 1.81 bits per heavy atom. The molecule has 1 aromatic carbocycles. The second-order valence-electron chi connectivity index (χ2n) is 6.61. The number of carbonyl (C=O) groups excluding carboxylic acids is 2. The van der Waals surface area contributed by atoms with Crippen molar-refractivity contribution in [2.75, 3.05) is 6.61 Å². The molecule has 26 heavy (non-hydrogen) atoms. The highest BCUT2D eigenvalue weighted by Crippen LogP contribution is 2.24. The monoisotopic (exact) mass is 376 g/mol. The van der Waals surface area contributed by atoms with Crippen molar-refractivity contribution in [1.82, 2.24) is 4.90 Å². The Bertz CT molecular complexity index is 795. The van der Waals surface area contributed by atoms with E-state index in [4.69, 9.17) is 4.74 Å². The standard InChI is InChI=1S/C18H20N2O5S/c1-18(2,3)19(11-13-7-5-4-6-8-13)15(21)12-25-17(22)14-9-10-16(26-14)20(23)24/h4-10H,11-12H2,1-3H3. The molecule has 0 aliphatic heterocycles. The minimum absolute atomic E-state index is 0.0925. The lowest BCUT2D eigenvalue weighted by Gasteiger charge is -2.35. The van der Waals surface area contributed by atoms with Crippen LogP contribution in [0.2, 0.25) is 0 Å². The van der Waals surface area contributed by atoms with E-state index in [0.717, 1.165) is 16.9 Å². The van der Waals surface area contributed by atoms with Crippen LogP contribution in [0.25, 0.3) is 0 Å². The molecule has 7 nitrogen and oxygen atoms in total. The number of carbonyl (C=O) groups is 2. The van der Waals surface area contributed by atoms with Crippen LogP contribution in [0.1, 0.15) is 36.0 Å². The predicted molar refractivity (Wildman–Crippen MR) is 98.0 cm³/mol. The number of benzene rings is 1. The van der Waals surface area contributed by atoms with Crippen molar-refractivity contribution in [3.63, 3.8) is 0 Å². The Kier molecular flexibility index (Phi) is 6.10. The van der Waals surface area contributed by atoms with Crippen molar-refractivity contribution in [2.45, 2.75) is 32.9 Å². The molecule has 0 saturated carbocycles. The first-order chi connectivity index (χ1) is 12.2. The molecule has 2 aromatic rings. The summed E-state index contributed by atoms with van der Waals surface area (Å²) in [6.07, 6.45) is 0. The third-order valence-corrected chi connectivity index (χ3v) is 4.61. The molecule has 138 valence electrons. The molecule has 1 heterocycles. The number of thiophene rings is 1. The van der Waals surface area contributed by atoms with E-state index in [1.165, 1.54) is 12.1 Å². The van der Waals surface area contributed by atoms with Crippen LogP contribution in [0.4, 0.5) is 5.00 Å². The van der Waals surface area contributed by atoms with Gasteiger partial charge >= 0.3 is 11.0 Å². The highest BCUT2D eigenvalue weighted by atomic mass is 32.1. The molecule has 0 spiro atoms. The number of ether oxygens (including phenoxy) is 1. The molecule has 1 amide bonds. The number of hydrogen-bond donors (Lipinski definition) is 0. The van der Waals surface area contributed by atoms with Gasteiger partial charge in [0, 0.05) is 18.2 Å². The van der Waals surface area contributed by atoms with Gasteiger partial charge in [-0.2, -0.15) is 0 Å². The van der Waals surface area contributed by atoms with Gasteiger partial charge in [-0.05, 0) is 32.4 Å². The summed E-state index contributed by atoms with van der Waals surface area (Å²) in [6.45, 7) is 5.68. The summed E-state index contributed by atoms with van der Waals surface area (Å²) in [6, 6.07) is 12.1. The van der Waals surface area contributed by atoms with Crippen molar-refractivity contribution in [3.8, 4) is 0 Å². The molecule has 0 unspecified atom stereocenters.